The first-order chi connectivity index (χ1) is 13.5. The molecule has 6 heteroatoms. The molecule has 0 radical (unpaired) electrons. The molecule has 0 atom stereocenters. The van der Waals surface area contributed by atoms with E-state index in [1.165, 1.54) is 6.07 Å². The summed E-state index contributed by atoms with van der Waals surface area (Å²) < 4.78 is 35.4. The number of halogens is 2. The first-order valence-electron chi connectivity index (χ1n) is 8.74. The number of aliphatic hydroxyl groups excluding tert-OH is 1. The summed E-state index contributed by atoms with van der Waals surface area (Å²) in [6.07, 6.45) is 1.77. The van der Waals surface area contributed by atoms with E-state index in [1.807, 2.05) is 35.6 Å². The predicted molar refractivity (Wildman–Crippen MR) is 103 cm³/mol. The number of aromatic nitrogens is 2. The number of aryl methyl sites for hydroxylation is 1. The Hall–Kier alpha value is -3.25. The van der Waals surface area contributed by atoms with Crippen molar-refractivity contribution in [3.63, 3.8) is 0 Å². The third-order valence-electron chi connectivity index (χ3n) is 4.88. The molecule has 0 fully saturated rings. The highest BCUT2D eigenvalue weighted by molar-refractivity contribution is 5.71. The van der Waals surface area contributed by atoms with Crippen molar-refractivity contribution < 1.29 is 18.6 Å². The third kappa shape index (κ3) is 2.92. The Bertz CT molecular complexity index is 1170. The number of nitrogens with zero attached hydrogens (tertiary/aromatic N) is 2. The van der Waals surface area contributed by atoms with E-state index in [2.05, 4.69) is 4.98 Å². The molecular formula is C22H18F2N2O2. The third-order valence-corrected chi connectivity index (χ3v) is 4.88. The minimum absolute atomic E-state index is 0.228. The Balaban J connectivity index is 1.83. The van der Waals surface area contributed by atoms with E-state index in [0.29, 0.717) is 5.56 Å². The molecule has 1 N–H and O–H groups in total. The van der Waals surface area contributed by atoms with Crippen LogP contribution in [0.5, 0.6) is 5.75 Å². The molecule has 0 aliphatic heterocycles. The van der Waals surface area contributed by atoms with Gasteiger partial charge in [0.05, 0.1) is 19.4 Å². The molecule has 2 aromatic heterocycles. The topological polar surface area (TPSA) is 46.8 Å². The molecule has 2 aromatic carbocycles. The number of rotatable bonds is 4. The molecule has 4 nitrogen and oxygen atoms in total. The average Bonchev–Trinajstić information content (AvgIpc) is 3.04. The summed E-state index contributed by atoms with van der Waals surface area (Å²) in [5.41, 5.74) is 3.84. The van der Waals surface area contributed by atoms with E-state index in [0.717, 1.165) is 34.4 Å². The standard InChI is InChI=1S/C22H18F2N2O2/c1-13-22(14-3-6-16(28-2)7-4-14)25-20-10-5-15(11-26(13)20)17-8-9-19(23)18(12-27)21(17)24/h3-11,27H,12H2,1-2H3. The summed E-state index contributed by atoms with van der Waals surface area (Å²) in [5, 5.41) is 9.25. The van der Waals surface area contributed by atoms with Crippen LogP contribution in [0.2, 0.25) is 0 Å². The van der Waals surface area contributed by atoms with Gasteiger partial charge in [0, 0.05) is 34.1 Å². The molecular weight excluding hydrogens is 362 g/mol. The van der Waals surface area contributed by atoms with Gasteiger partial charge >= 0.3 is 0 Å². The highest BCUT2D eigenvalue weighted by atomic mass is 19.1. The Kier molecular flexibility index (Phi) is 4.57. The van der Waals surface area contributed by atoms with E-state index in [-0.39, 0.29) is 11.1 Å². The van der Waals surface area contributed by atoms with Crippen LogP contribution in [-0.4, -0.2) is 21.6 Å². The molecule has 0 bridgehead atoms. The van der Waals surface area contributed by atoms with Crippen molar-refractivity contribution in [2.75, 3.05) is 7.11 Å². The maximum Gasteiger partial charge on any atom is 0.139 e. The van der Waals surface area contributed by atoms with Crippen LogP contribution >= 0.6 is 0 Å². The Morgan fingerprint density at radius 2 is 1.71 bits per heavy atom. The monoisotopic (exact) mass is 380 g/mol. The molecule has 0 spiro atoms. The fourth-order valence-corrected chi connectivity index (χ4v) is 3.31. The average molecular weight is 380 g/mol. The van der Waals surface area contributed by atoms with Crippen LogP contribution in [0.15, 0.2) is 54.7 Å². The second-order valence-electron chi connectivity index (χ2n) is 6.47. The molecule has 142 valence electrons. The number of hydrogen-bond acceptors (Lipinski definition) is 3. The maximum atomic E-state index is 14.6. The van der Waals surface area contributed by atoms with Crippen molar-refractivity contribution in [2.45, 2.75) is 13.5 Å². The summed E-state index contributed by atoms with van der Waals surface area (Å²) in [7, 11) is 1.61. The number of pyridine rings is 1. The summed E-state index contributed by atoms with van der Waals surface area (Å²) in [6.45, 7) is 1.24. The zero-order chi connectivity index (χ0) is 19.8. The van der Waals surface area contributed by atoms with E-state index in [1.54, 1.807) is 25.4 Å². The van der Waals surface area contributed by atoms with Crippen LogP contribution < -0.4 is 4.74 Å². The van der Waals surface area contributed by atoms with Gasteiger partial charge in [0.2, 0.25) is 0 Å². The van der Waals surface area contributed by atoms with Gasteiger partial charge < -0.3 is 14.2 Å². The Labute approximate surface area is 160 Å². The summed E-state index contributed by atoms with van der Waals surface area (Å²) in [5.74, 6) is -0.751. The van der Waals surface area contributed by atoms with Crippen molar-refractivity contribution in [2.24, 2.45) is 0 Å². The lowest BCUT2D eigenvalue weighted by molar-refractivity contribution is 0.269. The molecule has 2 heterocycles. The van der Waals surface area contributed by atoms with Gasteiger partial charge in [-0.05, 0) is 55.5 Å². The molecule has 4 rings (SSSR count). The molecule has 0 saturated heterocycles. The quantitative estimate of drug-likeness (QED) is 0.555. The predicted octanol–water partition coefficient (Wildman–Crippen LogP) is 4.76. The van der Waals surface area contributed by atoms with Gasteiger partial charge in [-0.1, -0.05) is 0 Å². The first-order valence-corrected chi connectivity index (χ1v) is 8.74. The van der Waals surface area contributed by atoms with E-state index < -0.39 is 18.2 Å². The van der Waals surface area contributed by atoms with Crippen LogP contribution in [-0.2, 0) is 6.61 Å². The zero-order valence-corrected chi connectivity index (χ0v) is 15.4. The number of methoxy groups -OCH3 is 1. The van der Waals surface area contributed by atoms with Gasteiger partial charge in [-0.15, -0.1) is 0 Å². The molecule has 0 saturated carbocycles. The number of aliphatic hydroxyl groups is 1. The molecule has 28 heavy (non-hydrogen) atoms. The SMILES string of the molecule is COc1ccc(-c2nc3ccc(-c4ccc(F)c(CO)c4F)cn3c2C)cc1. The van der Waals surface area contributed by atoms with Crippen molar-refractivity contribution in [3.8, 4) is 28.1 Å². The van der Waals surface area contributed by atoms with Crippen LogP contribution in [0.1, 0.15) is 11.3 Å². The highest BCUT2D eigenvalue weighted by Crippen LogP contribution is 2.30. The summed E-state index contributed by atoms with van der Waals surface area (Å²) >= 11 is 0. The Morgan fingerprint density at radius 1 is 1.00 bits per heavy atom. The molecule has 0 aliphatic rings. The first kappa shape index (κ1) is 18.1. The van der Waals surface area contributed by atoms with Crippen molar-refractivity contribution in [1.29, 1.82) is 0 Å². The Morgan fingerprint density at radius 3 is 2.39 bits per heavy atom. The van der Waals surface area contributed by atoms with Crippen LogP contribution in [0.3, 0.4) is 0 Å². The molecule has 0 unspecified atom stereocenters. The highest BCUT2D eigenvalue weighted by Gasteiger charge is 2.16. The lowest BCUT2D eigenvalue weighted by atomic mass is 10.0. The van der Waals surface area contributed by atoms with Crippen molar-refractivity contribution >= 4 is 5.65 Å². The number of fused-ring (bicyclic) bond motifs is 1. The van der Waals surface area contributed by atoms with Gasteiger partial charge in [-0.3, -0.25) is 0 Å². The smallest absolute Gasteiger partial charge is 0.139 e. The normalized spacial score (nSPS) is 11.2. The van der Waals surface area contributed by atoms with Gasteiger partial charge in [0.1, 0.15) is 23.0 Å². The molecule has 0 aliphatic carbocycles. The van der Waals surface area contributed by atoms with Crippen molar-refractivity contribution in [1.82, 2.24) is 9.38 Å². The largest absolute Gasteiger partial charge is 0.497 e. The van der Waals surface area contributed by atoms with E-state index in [4.69, 9.17) is 4.74 Å². The van der Waals surface area contributed by atoms with E-state index >= 15 is 0 Å². The second-order valence-corrected chi connectivity index (χ2v) is 6.47. The number of hydrogen-bond donors (Lipinski definition) is 1. The lowest BCUT2D eigenvalue weighted by Crippen LogP contribution is -1.99. The summed E-state index contributed by atoms with van der Waals surface area (Å²) in [6, 6.07) is 13.7. The minimum Gasteiger partial charge on any atom is -0.497 e. The van der Waals surface area contributed by atoms with E-state index in [9.17, 15) is 13.9 Å². The number of ether oxygens (including phenoxy) is 1. The minimum atomic E-state index is -0.759. The second kappa shape index (κ2) is 7.05. The van der Waals surface area contributed by atoms with Gasteiger partial charge in [-0.2, -0.15) is 0 Å². The zero-order valence-electron chi connectivity index (χ0n) is 15.4. The number of benzene rings is 2. The van der Waals surface area contributed by atoms with Crippen LogP contribution in [0.4, 0.5) is 8.78 Å². The lowest BCUT2D eigenvalue weighted by Gasteiger charge is -2.09. The van der Waals surface area contributed by atoms with Crippen LogP contribution in [0.25, 0.3) is 28.0 Å². The van der Waals surface area contributed by atoms with Gasteiger partial charge in [0.25, 0.3) is 0 Å². The molecule has 4 aromatic rings. The van der Waals surface area contributed by atoms with Gasteiger partial charge in [-0.25, -0.2) is 13.8 Å². The number of imidazole rings is 1. The fraction of sp³-hybridized carbons (Fsp3) is 0.136. The molecule has 0 amide bonds. The van der Waals surface area contributed by atoms with Crippen LogP contribution in [0, 0.1) is 18.6 Å². The van der Waals surface area contributed by atoms with Crippen molar-refractivity contribution in [3.05, 3.63) is 77.6 Å². The van der Waals surface area contributed by atoms with Gasteiger partial charge in [0.15, 0.2) is 0 Å². The summed E-state index contributed by atoms with van der Waals surface area (Å²) in [4.78, 5) is 4.67. The fourth-order valence-electron chi connectivity index (χ4n) is 3.31. The maximum absolute atomic E-state index is 14.6.